The van der Waals surface area contributed by atoms with E-state index in [0.717, 1.165) is 47.9 Å². The summed E-state index contributed by atoms with van der Waals surface area (Å²) in [6.45, 7) is 5.72. The molecule has 0 radical (unpaired) electrons. The van der Waals surface area contributed by atoms with Crippen LogP contribution in [-0.4, -0.2) is 54.8 Å². The smallest absolute Gasteiger partial charge is 0.248 e. The molecular weight excluding hydrogens is 556 g/mol. The average Bonchev–Trinajstić information content (AvgIpc) is 3.40. The summed E-state index contributed by atoms with van der Waals surface area (Å²) in [6.07, 6.45) is 5.69. The lowest BCUT2D eigenvalue weighted by atomic mass is 9.88. The molecule has 234 valence electrons. The van der Waals surface area contributed by atoms with Crippen LogP contribution >= 0.6 is 0 Å². The Morgan fingerprint density at radius 3 is 2.34 bits per heavy atom. The number of ether oxygens (including phenoxy) is 2. The number of Topliss-reactive ketones (excluding diaryl/α,β-unsaturated/α-hetero) is 2. The number of carbonyl (C=O) groups excluding carboxylic acids is 4. The molecule has 0 bridgehead atoms. The lowest BCUT2D eigenvalue weighted by Gasteiger charge is -2.26. The number of rotatable bonds is 14. The molecule has 2 aromatic rings. The van der Waals surface area contributed by atoms with E-state index in [0.29, 0.717) is 43.1 Å². The second kappa shape index (κ2) is 13.5. The number of allylic oxidation sites excluding steroid dienone is 1. The van der Waals surface area contributed by atoms with Crippen LogP contribution in [0.3, 0.4) is 0 Å². The third-order valence-corrected chi connectivity index (χ3v) is 9.58. The molecule has 2 aromatic carbocycles. The molecule has 1 saturated heterocycles. The number of hydrogen-bond donors (Lipinski definition) is 2. The number of nitrogens with one attached hydrogen (secondary N) is 2. The van der Waals surface area contributed by atoms with E-state index in [4.69, 9.17) is 9.47 Å². The Hall–Kier alpha value is -3.78. The van der Waals surface area contributed by atoms with Gasteiger partial charge in [-0.2, -0.15) is 0 Å². The standard InChI is InChI=1S/C36H44N2O6/c1-22-29-12-8-7-11-26(29)19-30(22)35(42)37-23(2)32(39)20-27(17-25-13-15-28(43-4)16-14-25)34(41)38-31(18-24-9-5-6-10-24)33(40)36(3)21-44-36/h7-8,11-16,23-24,27,31H,5-6,9-10,17-21H2,1-4H3,(H,37,42)(H,38,41)/t23-,27-,31+,36-/m1/s1. The summed E-state index contributed by atoms with van der Waals surface area (Å²) in [7, 11) is 1.59. The van der Waals surface area contributed by atoms with E-state index >= 15 is 0 Å². The van der Waals surface area contributed by atoms with E-state index in [-0.39, 0.29) is 29.8 Å². The molecule has 0 unspecified atom stereocenters. The Kier molecular flexibility index (Phi) is 9.68. The highest BCUT2D eigenvalue weighted by Crippen LogP contribution is 2.34. The van der Waals surface area contributed by atoms with Gasteiger partial charge in [0, 0.05) is 24.3 Å². The van der Waals surface area contributed by atoms with Crippen LogP contribution in [0.25, 0.3) is 5.57 Å². The van der Waals surface area contributed by atoms with Crippen molar-refractivity contribution in [2.24, 2.45) is 11.8 Å². The van der Waals surface area contributed by atoms with Crippen LogP contribution < -0.4 is 15.4 Å². The Bertz CT molecular complexity index is 1430. The van der Waals surface area contributed by atoms with E-state index in [1.54, 1.807) is 21.0 Å². The van der Waals surface area contributed by atoms with Gasteiger partial charge in [-0.1, -0.05) is 62.1 Å². The quantitative estimate of drug-likeness (QED) is 0.302. The van der Waals surface area contributed by atoms with Gasteiger partial charge in [-0.3, -0.25) is 19.2 Å². The highest BCUT2D eigenvalue weighted by molar-refractivity contribution is 6.05. The minimum absolute atomic E-state index is 0.0737. The highest BCUT2D eigenvalue weighted by Gasteiger charge is 2.50. The Labute approximate surface area is 260 Å². The molecule has 0 aromatic heterocycles. The molecule has 0 spiro atoms. The second-order valence-electron chi connectivity index (χ2n) is 12.9. The van der Waals surface area contributed by atoms with Gasteiger partial charge in [-0.05, 0) is 73.9 Å². The van der Waals surface area contributed by atoms with Crippen molar-refractivity contribution in [3.05, 3.63) is 70.8 Å². The van der Waals surface area contributed by atoms with Crippen molar-refractivity contribution >= 4 is 29.0 Å². The first-order valence-corrected chi connectivity index (χ1v) is 15.8. The second-order valence-corrected chi connectivity index (χ2v) is 12.9. The van der Waals surface area contributed by atoms with Crippen molar-refractivity contribution in [1.82, 2.24) is 10.6 Å². The van der Waals surface area contributed by atoms with Crippen LogP contribution in [0.1, 0.15) is 76.0 Å². The summed E-state index contributed by atoms with van der Waals surface area (Å²) in [5.74, 6) is -0.595. The van der Waals surface area contributed by atoms with Crippen LogP contribution in [0.4, 0.5) is 0 Å². The molecule has 8 heteroatoms. The molecule has 3 aliphatic rings. The van der Waals surface area contributed by atoms with Gasteiger partial charge in [-0.15, -0.1) is 0 Å². The highest BCUT2D eigenvalue weighted by atomic mass is 16.6. The first kappa shape index (κ1) is 31.6. The van der Waals surface area contributed by atoms with Crippen molar-refractivity contribution in [3.63, 3.8) is 0 Å². The van der Waals surface area contributed by atoms with Crippen molar-refractivity contribution in [1.29, 1.82) is 0 Å². The summed E-state index contributed by atoms with van der Waals surface area (Å²) in [6, 6.07) is 13.9. The van der Waals surface area contributed by atoms with Crippen molar-refractivity contribution in [2.75, 3.05) is 13.7 Å². The number of benzene rings is 2. The normalized spacial score (nSPS) is 21.3. The van der Waals surface area contributed by atoms with Gasteiger partial charge in [0.2, 0.25) is 11.8 Å². The monoisotopic (exact) mass is 600 g/mol. The molecule has 2 fully saturated rings. The molecule has 1 saturated carbocycles. The minimum Gasteiger partial charge on any atom is -0.497 e. The van der Waals surface area contributed by atoms with Gasteiger partial charge in [0.25, 0.3) is 0 Å². The van der Waals surface area contributed by atoms with E-state index in [1.807, 2.05) is 55.5 Å². The maximum atomic E-state index is 13.9. The molecule has 5 rings (SSSR count). The van der Waals surface area contributed by atoms with E-state index in [9.17, 15) is 19.2 Å². The Morgan fingerprint density at radius 1 is 1.02 bits per heavy atom. The maximum absolute atomic E-state index is 13.9. The van der Waals surface area contributed by atoms with Gasteiger partial charge in [-0.25, -0.2) is 0 Å². The fourth-order valence-corrected chi connectivity index (χ4v) is 6.58. The largest absolute Gasteiger partial charge is 0.497 e. The van der Waals surface area contributed by atoms with Crippen LogP contribution in [0, 0.1) is 11.8 Å². The lowest BCUT2D eigenvalue weighted by molar-refractivity contribution is -0.134. The van der Waals surface area contributed by atoms with Crippen molar-refractivity contribution in [3.8, 4) is 5.75 Å². The third kappa shape index (κ3) is 7.29. The zero-order valence-corrected chi connectivity index (χ0v) is 26.2. The Balaban J connectivity index is 1.29. The lowest BCUT2D eigenvalue weighted by Crippen LogP contribution is -2.49. The molecule has 2 aliphatic carbocycles. The van der Waals surface area contributed by atoms with E-state index < -0.39 is 23.6 Å². The topological polar surface area (TPSA) is 114 Å². The third-order valence-electron chi connectivity index (χ3n) is 9.58. The van der Waals surface area contributed by atoms with E-state index in [1.165, 1.54) is 0 Å². The number of ketones is 2. The fourth-order valence-electron chi connectivity index (χ4n) is 6.58. The number of epoxide rings is 1. The Morgan fingerprint density at radius 2 is 1.70 bits per heavy atom. The summed E-state index contributed by atoms with van der Waals surface area (Å²) >= 11 is 0. The number of fused-ring (bicyclic) bond motifs is 1. The predicted molar refractivity (Wildman–Crippen MR) is 168 cm³/mol. The molecule has 4 atom stereocenters. The maximum Gasteiger partial charge on any atom is 0.248 e. The van der Waals surface area contributed by atoms with Gasteiger partial charge >= 0.3 is 0 Å². The molecule has 1 heterocycles. The summed E-state index contributed by atoms with van der Waals surface area (Å²) in [4.78, 5) is 54.1. The van der Waals surface area contributed by atoms with E-state index in [2.05, 4.69) is 10.6 Å². The molecule has 2 N–H and O–H groups in total. The molecular formula is C36H44N2O6. The zero-order valence-electron chi connectivity index (χ0n) is 26.2. The van der Waals surface area contributed by atoms with Gasteiger partial charge < -0.3 is 20.1 Å². The summed E-state index contributed by atoms with van der Waals surface area (Å²) in [5, 5.41) is 5.92. The number of carbonyl (C=O) groups is 4. The molecule has 2 amide bonds. The first-order valence-electron chi connectivity index (χ1n) is 15.8. The minimum atomic E-state index is -0.858. The summed E-state index contributed by atoms with van der Waals surface area (Å²) in [5.41, 5.74) is 3.74. The fraction of sp³-hybridized carbons (Fsp3) is 0.500. The summed E-state index contributed by atoms with van der Waals surface area (Å²) < 4.78 is 10.7. The van der Waals surface area contributed by atoms with Crippen LogP contribution in [0.5, 0.6) is 5.75 Å². The molecule has 1 aliphatic heterocycles. The zero-order chi connectivity index (χ0) is 31.4. The average molecular weight is 601 g/mol. The van der Waals surface area contributed by atoms with Gasteiger partial charge in [0.15, 0.2) is 11.6 Å². The van der Waals surface area contributed by atoms with Crippen molar-refractivity contribution in [2.45, 2.75) is 89.8 Å². The molecule has 8 nitrogen and oxygen atoms in total. The van der Waals surface area contributed by atoms with Crippen LogP contribution in [-0.2, 0) is 36.8 Å². The van der Waals surface area contributed by atoms with Gasteiger partial charge in [0.05, 0.1) is 25.8 Å². The molecule has 44 heavy (non-hydrogen) atoms. The van der Waals surface area contributed by atoms with Crippen LogP contribution in [0.15, 0.2) is 54.1 Å². The number of hydrogen-bond acceptors (Lipinski definition) is 6. The van der Waals surface area contributed by atoms with Gasteiger partial charge in [0.1, 0.15) is 11.4 Å². The van der Waals surface area contributed by atoms with Crippen molar-refractivity contribution < 1.29 is 28.7 Å². The predicted octanol–water partition coefficient (Wildman–Crippen LogP) is 4.77. The number of amides is 2. The van der Waals surface area contributed by atoms with Crippen LogP contribution in [0.2, 0.25) is 0 Å². The number of methoxy groups -OCH3 is 1. The first-order chi connectivity index (χ1) is 21.1. The SMILES string of the molecule is COc1ccc(C[C@H](CC(=O)[C@@H](C)NC(=O)C2=C(C)c3ccccc3C2)C(=O)N[C@@H](CC2CCCC2)C(=O)[C@@]2(C)CO2)cc1.